The molecule has 0 saturated heterocycles. The van der Waals surface area contributed by atoms with E-state index in [4.69, 9.17) is 11.6 Å². The van der Waals surface area contributed by atoms with Crippen molar-refractivity contribution in [3.8, 4) is 11.4 Å². The SMILES string of the molecule is Cc1nc(C(F)(F)F)cn1C(C)C(=O)Nc1cnc(-c2ccc(Cl)cc2)n1C(C)C. The van der Waals surface area contributed by atoms with E-state index >= 15 is 0 Å². The van der Waals surface area contributed by atoms with E-state index in [1.165, 1.54) is 24.6 Å². The van der Waals surface area contributed by atoms with Crippen molar-refractivity contribution in [2.24, 2.45) is 0 Å². The predicted octanol–water partition coefficient (Wildman–Crippen LogP) is 5.51. The van der Waals surface area contributed by atoms with E-state index in [0.717, 1.165) is 11.8 Å². The quantitative estimate of drug-likeness (QED) is 0.570. The summed E-state index contributed by atoms with van der Waals surface area (Å²) < 4.78 is 41.8. The van der Waals surface area contributed by atoms with Crippen LogP contribution in [0.25, 0.3) is 11.4 Å². The molecule has 1 amide bonds. The van der Waals surface area contributed by atoms with Gasteiger partial charge in [-0.2, -0.15) is 13.2 Å². The number of nitrogens with one attached hydrogen (secondary N) is 1. The Balaban J connectivity index is 1.88. The maximum absolute atomic E-state index is 12.9. The van der Waals surface area contributed by atoms with Crippen LogP contribution in [0, 0.1) is 6.92 Å². The van der Waals surface area contributed by atoms with E-state index in [1.54, 1.807) is 12.1 Å². The zero-order valence-corrected chi connectivity index (χ0v) is 17.6. The second-order valence-electron chi connectivity index (χ2n) is 7.18. The molecule has 2 heterocycles. The Bertz CT molecular complexity index is 1050. The van der Waals surface area contributed by atoms with Crippen molar-refractivity contribution in [3.05, 3.63) is 53.2 Å². The fourth-order valence-electron chi connectivity index (χ4n) is 3.16. The smallest absolute Gasteiger partial charge is 0.322 e. The van der Waals surface area contributed by atoms with Gasteiger partial charge in [-0.05, 0) is 52.0 Å². The first-order valence-corrected chi connectivity index (χ1v) is 9.63. The van der Waals surface area contributed by atoms with Crippen LogP contribution in [0.5, 0.6) is 0 Å². The number of imidazole rings is 2. The van der Waals surface area contributed by atoms with Crippen molar-refractivity contribution in [3.63, 3.8) is 0 Å². The van der Waals surface area contributed by atoms with E-state index < -0.39 is 23.8 Å². The third kappa shape index (κ3) is 4.35. The zero-order valence-electron chi connectivity index (χ0n) is 16.8. The normalized spacial score (nSPS) is 13.0. The molecule has 0 saturated carbocycles. The summed E-state index contributed by atoms with van der Waals surface area (Å²) in [5.74, 6) is 0.710. The van der Waals surface area contributed by atoms with Gasteiger partial charge in [0, 0.05) is 22.8 Å². The standard InChI is InChI=1S/C20H21ClF3N5O/c1-11(2)29-17(9-25-18(29)14-5-7-15(21)8-6-14)27-19(30)12(3)28-10-16(20(22,23)24)26-13(28)4/h5-12H,1-4H3,(H,27,30). The van der Waals surface area contributed by atoms with Gasteiger partial charge in [0.1, 0.15) is 23.5 Å². The predicted molar refractivity (Wildman–Crippen MR) is 108 cm³/mol. The van der Waals surface area contributed by atoms with E-state index in [9.17, 15) is 18.0 Å². The number of amides is 1. The molecule has 3 aromatic rings. The average molecular weight is 440 g/mol. The molecule has 30 heavy (non-hydrogen) atoms. The van der Waals surface area contributed by atoms with Crippen molar-refractivity contribution in [1.82, 2.24) is 19.1 Å². The summed E-state index contributed by atoms with van der Waals surface area (Å²) in [4.78, 5) is 20.7. The number of halogens is 4. The maximum atomic E-state index is 12.9. The molecule has 2 aromatic heterocycles. The minimum Gasteiger partial charge on any atom is -0.322 e. The molecule has 0 aliphatic heterocycles. The summed E-state index contributed by atoms with van der Waals surface area (Å²) in [6, 6.07) is 6.21. The van der Waals surface area contributed by atoms with Crippen LogP contribution >= 0.6 is 11.6 Å². The monoisotopic (exact) mass is 439 g/mol. The Hall–Kier alpha value is -2.81. The van der Waals surface area contributed by atoms with Crippen LogP contribution in [0.4, 0.5) is 19.0 Å². The van der Waals surface area contributed by atoms with E-state index in [2.05, 4.69) is 15.3 Å². The number of alkyl halides is 3. The average Bonchev–Trinajstić information content (AvgIpc) is 3.25. The van der Waals surface area contributed by atoms with Crippen LogP contribution in [-0.4, -0.2) is 25.0 Å². The highest BCUT2D eigenvalue weighted by molar-refractivity contribution is 6.30. The highest BCUT2D eigenvalue weighted by Crippen LogP contribution is 2.30. The number of aryl methyl sites for hydroxylation is 1. The molecule has 1 N–H and O–H groups in total. The van der Waals surface area contributed by atoms with Gasteiger partial charge in [-0.25, -0.2) is 9.97 Å². The molecule has 10 heteroatoms. The lowest BCUT2D eigenvalue weighted by Gasteiger charge is -2.19. The fourth-order valence-corrected chi connectivity index (χ4v) is 3.29. The largest absolute Gasteiger partial charge is 0.434 e. The van der Waals surface area contributed by atoms with E-state index in [-0.39, 0.29) is 11.9 Å². The third-order valence-corrected chi connectivity index (χ3v) is 4.92. The maximum Gasteiger partial charge on any atom is 0.434 e. The van der Waals surface area contributed by atoms with Gasteiger partial charge >= 0.3 is 6.18 Å². The Labute approximate surface area is 176 Å². The molecule has 3 rings (SSSR count). The van der Waals surface area contributed by atoms with Crippen molar-refractivity contribution in [2.75, 3.05) is 5.32 Å². The molecule has 1 unspecified atom stereocenters. The molecule has 6 nitrogen and oxygen atoms in total. The number of benzene rings is 1. The van der Waals surface area contributed by atoms with Crippen molar-refractivity contribution >= 4 is 23.3 Å². The highest BCUT2D eigenvalue weighted by Gasteiger charge is 2.35. The topological polar surface area (TPSA) is 64.7 Å². The summed E-state index contributed by atoms with van der Waals surface area (Å²) in [6.45, 7) is 6.82. The Morgan fingerprint density at radius 1 is 1.17 bits per heavy atom. The van der Waals surface area contributed by atoms with Crippen LogP contribution < -0.4 is 5.32 Å². The minimum atomic E-state index is -4.57. The molecule has 0 spiro atoms. The molecular weight excluding hydrogens is 419 g/mol. The first-order valence-electron chi connectivity index (χ1n) is 9.25. The fraction of sp³-hybridized carbons (Fsp3) is 0.350. The molecule has 1 atom stereocenters. The van der Waals surface area contributed by atoms with Gasteiger partial charge in [0.2, 0.25) is 5.91 Å². The number of carbonyl (C=O) groups is 1. The number of anilines is 1. The van der Waals surface area contributed by atoms with Gasteiger partial charge in [-0.1, -0.05) is 11.6 Å². The lowest BCUT2D eigenvalue weighted by atomic mass is 10.2. The van der Waals surface area contributed by atoms with Gasteiger partial charge in [0.15, 0.2) is 5.69 Å². The number of nitrogens with zero attached hydrogens (tertiary/aromatic N) is 4. The molecule has 0 aliphatic rings. The molecule has 1 aromatic carbocycles. The van der Waals surface area contributed by atoms with Crippen LogP contribution in [0.3, 0.4) is 0 Å². The van der Waals surface area contributed by atoms with Crippen molar-refractivity contribution in [1.29, 1.82) is 0 Å². The highest BCUT2D eigenvalue weighted by atomic mass is 35.5. The number of hydrogen-bond acceptors (Lipinski definition) is 3. The number of rotatable bonds is 5. The summed E-state index contributed by atoms with van der Waals surface area (Å²) in [7, 11) is 0. The van der Waals surface area contributed by atoms with Crippen LogP contribution in [-0.2, 0) is 11.0 Å². The lowest BCUT2D eigenvalue weighted by Crippen LogP contribution is -2.25. The van der Waals surface area contributed by atoms with E-state index in [0.29, 0.717) is 16.7 Å². The van der Waals surface area contributed by atoms with Crippen LogP contribution in [0.15, 0.2) is 36.7 Å². The molecule has 160 valence electrons. The zero-order chi connectivity index (χ0) is 22.2. The lowest BCUT2D eigenvalue weighted by molar-refractivity contribution is -0.141. The molecular formula is C20H21ClF3N5O. The summed E-state index contributed by atoms with van der Waals surface area (Å²) in [5, 5.41) is 3.37. The Kier molecular flexibility index (Phi) is 5.94. The van der Waals surface area contributed by atoms with Gasteiger partial charge in [0.05, 0.1) is 6.20 Å². The third-order valence-electron chi connectivity index (χ3n) is 4.67. The van der Waals surface area contributed by atoms with Crippen molar-refractivity contribution in [2.45, 2.75) is 46.0 Å². The summed E-state index contributed by atoms with van der Waals surface area (Å²) in [5.41, 5.74) is -0.209. The number of aromatic nitrogens is 4. The van der Waals surface area contributed by atoms with Crippen LogP contribution in [0.2, 0.25) is 5.02 Å². The summed E-state index contributed by atoms with van der Waals surface area (Å²) in [6.07, 6.45) is -2.20. The van der Waals surface area contributed by atoms with E-state index in [1.807, 2.05) is 30.5 Å². The first-order chi connectivity index (χ1) is 14.0. The molecule has 0 radical (unpaired) electrons. The second-order valence-corrected chi connectivity index (χ2v) is 7.62. The number of hydrogen-bond donors (Lipinski definition) is 1. The second kappa shape index (κ2) is 8.14. The molecule has 0 bridgehead atoms. The first kappa shape index (κ1) is 21.9. The Morgan fingerprint density at radius 2 is 1.80 bits per heavy atom. The van der Waals surface area contributed by atoms with Crippen molar-refractivity contribution < 1.29 is 18.0 Å². The van der Waals surface area contributed by atoms with Crippen LogP contribution in [0.1, 0.15) is 44.4 Å². The summed E-state index contributed by atoms with van der Waals surface area (Å²) >= 11 is 5.95. The Morgan fingerprint density at radius 3 is 2.33 bits per heavy atom. The van der Waals surface area contributed by atoms with Gasteiger partial charge in [-0.15, -0.1) is 0 Å². The molecule has 0 aliphatic carbocycles. The van der Waals surface area contributed by atoms with Gasteiger partial charge < -0.3 is 14.5 Å². The molecule has 0 fully saturated rings. The number of carbonyl (C=O) groups excluding carboxylic acids is 1. The van der Waals surface area contributed by atoms with Gasteiger partial charge in [-0.3, -0.25) is 4.79 Å². The minimum absolute atomic E-state index is 0.0319. The van der Waals surface area contributed by atoms with Gasteiger partial charge in [0.25, 0.3) is 0 Å².